The fraction of sp³-hybridized carbons (Fsp3) is 0.308. The third-order valence-corrected chi connectivity index (χ3v) is 3.12. The summed E-state index contributed by atoms with van der Waals surface area (Å²) in [6, 6.07) is 7.05. The van der Waals surface area contributed by atoms with Gasteiger partial charge >= 0.3 is 0 Å². The number of imidazole rings is 1. The van der Waals surface area contributed by atoms with Crippen LogP contribution in [0, 0.1) is 0 Å². The van der Waals surface area contributed by atoms with Gasteiger partial charge in [0.15, 0.2) is 0 Å². The fourth-order valence-electron chi connectivity index (χ4n) is 1.75. The summed E-state index contributed by atoms with van der Waals surface area (Å²) < 4.78 is 8.61. The number of ether oxygens (including phenoxy) is 1. The number of nitrogens with zero attached hydrogens (tertiary/aromatic N) is 2. The second-order valence-electron chi connectivity index (χ2n) is 4.25. The van der Waals surface area contributed by atoms with Crippen LogP contribution in [0.15, 0.2) is 35.1 Å². The topological polar surface area (TPSA) is 47.3 Å². The van der Waals surface area contributed by atoms with Gasteiger partial charge in [0.1, 0.15) is 28.5 Å². The molecule has 2 aromatic rings. The second kappa shape index (κ2) is 5.44. The zero-order valence-electron chi connectivity index (χ0n) is 10.3. The van der Waals surface area contributed by atoms with E-state index in [0.29, 0.717) is 18.4 Å². The predicted molar refractivity (Wildman–Crippen MR) is 72.8 cm³/mol. The maximum atomic E-state index is 9.35. The highest BCUT2D eigenvalue weighted by Gasteiger charge is 2.11. The van der Waals surface area contributed by atoms with Crippen molar-refractivity contribution in [3.63, 3.8) is 0 Å². The van der Waals surface area contributed by atoms with E-state index in [1.54, 1.807) is 30.5 Å². The number of hydrogen-bond donors (Lipinski definition) is 1. The molecule has 0 radical (unpaired) electrons. The largest absolute Gasteiger partial charge is 0.508 e. The average Bonchev–Trinajstić information content (AvgIpc) is 2.68. The zero-order chi connectivity index (χ0) is 13.1. The summed E-state index contributed by atoms with van der Waals surface area (Å²) in [6.07, 6.45) is 1.77. The smallest absolute Gasteiger partial charge is 0.147 e. The lowest BCUT2D eigenvalue weighted by Crippen LogP contribution is -2.09. The number of aromatic hydroxyl groups is 1. The summed E-state index contributed by atoms with van der Waals surface area (Å²) in [5, 5.41) is 9.35. The Hall–Kier alpha value is -1.49. The molecule has 0 aliphatic rings. The Morgan fingerprint density at radius 3 is 2.89 bits per heavy atom. The lowest BCUT2D eigenvalue weighted by Gasteiger charge is -2.13. The van der Waals surface area contributed by atoms with Crippen molar-refractivity contribution >= 4 is 15.9 Å². The van der Waals surface area contributed by atoms with Gasteiger partial charge in [0.25, 0.3) is 0 Å². The molecule has 1 aromatic heterocycles. The van der Waals surface area contributed by atoms with Crippen LogP contribution in [-0.2, 0) is 6.61 Å². The summed E-state index contributed by atoms with van der Waals surface area (Å²) in [5.74, 6) is 1.67. The lowest BCUT2D eigenvalue weighted by molar-refractivity contribution is 0.284. The molecule has 1 N–H and O–H groups in total. The van der Waals surface area contributed by atoms with Crippen molar-refractivity contribution < 1.29 is 9.84 Å². The number of phenols is 1. The normalized spacial score (nSPS) is 10.9. The van der Waals surface area contributed by atoms with Crippen LogP contribution in [0.5, 0.6) is 11.5 Å². The molecule has 1 heterocycles. The maximum Gasteiger partial charge on any atom is 0.147 e. The maximum absolute atomic E-state index is 9.35. The minimum Gasteiger partial charge on any atom is -0.508 e. The molecule has 0 atom stereocenters. The van der Waals surface area contributed by atoms with E-state index in [-0.39, 0.29) is 5.75 Å². The molecule has 0 saturated carbocycles. The number of halogens is 1. The van der Waals surface area contributed by atoms with Crippen molar-refractivity contribution in [2.24, 2.45) is 0 Å². The molecule has 0 aliphatic heterocycles. The van der Waals surface area contributed by atoms with Crippen LogP contribution in [0.3, 0.4) is 0 Å². The molecule has 0 aliphatic carbocycles. The first-order chi connectivity index (χ1) is 8.58. The molecule has 18 heavy (non-hydrogen) atoms. The molecule has 96 valence electrons. The standard InChI is InChI=1S/C13H15BrN2O2/c1-9(2)16-12(14)7-15-13(16)8-18-11-5-3-4-10(17)6-11/h3-7,9,17H,8H2,1-2H3. The molecule has 0 amide bonds. The minimum absolute atomic E-state index is 0.195. The van der Waals surface area contributed by atoms with E-state index in [2.05, 4.69) is 39.3 Å². The van der Waals surface area contributed by atoms with Gasteiger partial charge in [-0.2, -0.15) is 0 Å². The van der Waals surface area contributed by atoms with E-state index in [0.717, 1.165) is 10.4 Å². The number of hydrogen-bond acceptors (Lipinski definition) is 3. The Kier molecular flexibility index (Phi) is 3.91. The highest BCUT2D eigenvalue weighted by atomic mass is 79.9. The summed E-state index contributed by atoms with van der Waals surface area (Å²) in [7, 11) is 0. The first kappa shape index (κ1) is 13.0. The van der Waals surface area contributed by atoms with Crippen molar-refractivity contribution in [1.29, 1.82) is 0 Å². The molecule has 2 rings (SSSR count). The van der Waals surface area contributed by atoms with Crippen molar-refractivity contribution in [2.45, 2.75) is 26.5 Å². The number of phenolic OH excluding ortho intramolecular Hbond substituents is 1. The van der Waals surface area contributed by atoms with Crippen LogP contribution in [0.1, 0.15) is 25.7 Å². The molecule has 0 bridgehead atoms. The Morgan fingerprint density at radius 1 is 1.44 bits per heavy atom. The Morgan fingerprint density at radius 2 is 2.22 bits per heavy atom. The van der Waals surface area contributed by atoms with Gasteiger partial charge in [-0.05, 0) is 41.9 Å². The monoisotopic (exact) mass is 310 g/mol. The average molecular weight is 311 g/mol. The predicted octanol–water partition coefficient (Wildman–Crippen LogP) is 3.51. The lowest BCUT2D eigenvalue weighted by atomic mass is 10.3. The van der Waals surface area contributed by atoms with Gasteiger partial charge in [-0.25, -0.2) is 4.98 Å². The summed E-state index contributed by atoms with van der Waals surface area (Å²) in [6.45, 7) is 4.54. The van der Waals surface area contributed by atoms with Crippen LogP contribution in [0.25, 0.3) is 0 Å². The Bertz CT molecular complexity index is 538. The molecule has 0 saturated heterocycles. The molecule has 0 spiro atoms. The van der Waals surface area contributed by atoms with Crippen molar-refractivity contribution in [2.75, 3.05) is 0 Å². The first-order valence-corrected chi connectivity index (χ1v) is 6.50. The van der Waals surface area contributed by atoms with Crippen molar-refractivity contribution in [3.05, 3.63) is 40.9 Å². The van der Waals surface area contributed by atoms with Gasteiger partial charge in [0.05, 0.1) is 6.20 Å². The van der Waals surface area contributed by atoms with Gasteiger partial charge in [0, 0.05) is 12.1 Å². The van der Waals surface area contributed by atoms with E-state index in [9.17, 15) is 5.11 Å². The third-order valence-electron chi connectivity index (χ3n) is 2.53. The van der Waals surface area contributed by atoms with Crippen LogP contribution in [0.2, 0.25) is 0 Å². The van der Waals surface area contributed by atoms with Crippen molar-refractivity contribution in [1.82, 2.24) is 9.55 Å². The van der Waals surface area contributed by atoms with Gasteiger partial charge < -0.3 is 14.4 Å². The van der Waals surface area contributed by atoms with Crippen LogP contribution in [-0.4, -0.2) is 14.7 Å². The number of aromatic nitrogens is 2. The van der Waals surface area contributed by atoms with Crippen LogP contribution >= 0.6 is 15.9 Å². The summed E-state index contributed by atoms with van der Waals surface area (Å²) >= 11 is 3.46. The minimum atomic E-state index is 0.195. The highest BCUT2D eigenvalue weighted by Crippen LogP contribution is 2.22. The fourth-order valence-corrected chi connectivity index (χ4v) is 2.46. The number of rotatable bonds is 4. The molecule has 0 unspecified atom stereocenters. The molecular weight excluding hydrogens is 296 g/mol. The van der Waals surface area contributed by atoms with Gasteiger partial charge in [-0.15, -0.1) is 0 Å². The van der Waals surface area contributed by atoms with E-state index >= 15 is 0 Å². The van der Waals surface area contributed by atoms with Crippen LogP contribution < -0.4 is 4.74 Å². The van der Waals surface area contributed by atoms with Gasteiger partial charge in [-0.3, -0.25) is 0 Å². The molecule has 1 aromatic carbocycles. The molecule has 4 nitrogen and oxygen atoms in total. The van der Waals surface area contributed by atoms with Gasteiger partial charge in [0.2, 0.25) is 0 Å². The Balaban J connectivity index is 2.11. The SMILES string of the molecule is CC(C)n1c(Br)cnc1COc1cccc(O)c1. The van der Waals surface area contributed by atoms with E-state index in [1.807, 2.05) is 0 Å². The van der Waals surface area contributed by atoms with Crippen molar-refractivity contribution in [3.8, 4) is 11.5 Å². The molecular formula is C13H15BrN2O2. The zero-order valence-corrected chi connectivity index (χ0v) is 11.9. The van der Waals surface area contributed by atoms with Gasteiger partial charge in [-0.1, -0.05) is 6.07 Å². The van der Waals surface area contributed by atoms with E-state index in [1.165, 1.54) is 0 Å². The Labute approximate surface area is 114 Å². The summed E-state index contributed by atoms with van der Waals surface area (Å²) in [4.78, 5) is 4.30. The molecule has 0 fully saturated rings. The number of benzene rings is 1. The van der Waals surface area contributed by atoms with E-state index in [4.69, 9.17) is 4.74 Å². The van der Waals surface area contributed by atoms with E-state index < -0.39 is 0 Å². The highest BCUT2D eigenvalue weighted by molar-refractivity contribution is 9.10. The third kappa shape index (κ3) is 2.85. The second-order valence-corrected chi connectivity index (χ2v) is 5.06. The van der Waals surface area contributed by atoms with Crippen LogP contribution in [0.4, 0.5) is 0 Å². The quantitative estimate of drug-likeness (QED) is 0.940. The molecule has 5 heteroatoms. The first-order valence-electron chi connectivity index (χ1n) is 5.71. The summed E-state index contributed by atoms with van der Waals surface area (Å²) in [5.41, 5.74) is 0.